The SMILES string of the molecule is CC(C)c1c(C(C)O)cc2c(c1Br)OCO2. The van der Waals surface area contributed by atoms with Crippen molar-refractivity contribution in [3.63, 3.8) is 0 Å². The van der Waals surface area contributed by atoms with Crippen molar-refractivity contribution in [1.29, 1.82) is 0 Å². The lowest BCUT2D eigenvalue weighted by molar-refractivity contribution is 0.173. The van der Waals surface area contributed by atoms with E-state index in [0.717, 1.165) is 21.3 Å². The van der Waals surface area contributed by atoms with Gasteiger partial charge < -0.3 is 14.6 Å². The van der Waals surface area contributed by atoms with Gasteiger partial charge in [-0.25, -0.2) is 0 Å². The van der Waals surface area contributed by atoms with Gasteiger partial charge in [0.15, 0.2) is 11.5 Å². The van der Waals surface area contributed by atoms with Gasteiger partial charge in [0, 0.05) is 0 Å². The Kier molecular flexibility index (Phi) is 3.13. The van der Waals surface area contributed by atoms with Crippen LogP contribution in [0, 0.1) is 0 Å². The third-order valence-corrected chi connectivity index (χ3v) is 3.49. The first kappa shape index (κ1) is 11.7. The van der Waals surface area contributed by atoms with Crippen molar-refractivity contribution in [2.75, 3.05) is 6.79 Å². The van der Waals surface area contributed by atoms with E-state index < -0.39 is 6.10 Å². The summed E-state index contributed by atoms with van der Waals surface area (Å²) >= 11 is 3.54. The van der Waals surface area contributed by atoms with E-state index in [1.165, 1.54) is 0 Å². The van der Waals surface area contributed by atoms with Crippen molar-refractivity contribution < 1.29 is 14.6 Å². The average Bonchev–Trinajstić information content (AvgIpc) is 2.64. The summed E-state index contributed by atoms with van der Waals surface area (Å²) in [6, 6.07) is 1.87. The summed E-state index contributed by atoms with van der Waals surface area (Å²) in [6.45, 7) is 6.19. The molecule has 0 radical (unpaired) electrons. The molecule has 0 amide bonds. The van der Waals surface area contributed by atoms with E-state index in [-0.39, 0.29) is 6.79 Å². The molecule has 0 aliphatic carbocycles. The highest BCUT2D eigenvalue weighted by atomic mass is 79.9. The van der Waals surface area contributed by atoms with Crippen LogP contribution in [0.25, 0.3) is 0 Å². The number of ether oxygens (including phenoxy) is 2. The molecule has 0 aromatic heterocycles. The second kappa shape index (κ2) is 4.26. The van der Waals surface area contributed by atoms with E-state index >= 15 is 0 Å². The van der Waals surface area contributed by atoms with Gasteiger partial charge in [-0.3, -0.25) is 0 Å². The Labute approximate surface area is 104 Å². The Morgan fingerprint density at radius 2 is 2.00 bits per heavy atom. The molecular weight excluding hydrogens is 272 g/mol. The zero-order valence-electron chi connectivity index (χ0n) is 9.58. The topological polar surface area (TPSA) is 38.7 Å². The molecule has 1 aromatic carbocycles. The van der Waals surface area contributed by atoms with E-state index in [1.807, 2.05) is 6.07 Å². The van der Waals surface area contributed by atoms with Crippen LogP contribution in [0.1, 0.15) is 43.9 Å². The van der Waals surface area contributed by atoms with Crippen LogP contribution in [-0.2, 0) is 0 Å². The smallest absolute Gasteiger partial charge is 0.231 e. The monoisotopic (exact) mass is 286 g/mol. The van der Waals surface area contributed by atoms with Gasteiger partial charge in [-0.15, -0.1) is 0 Å². The molecule has 2 rings (SSSR count). The molecule has 1 N–H and O–H groups in total. The number of aliphatic hydroxyl groups is 1. The second-order valence-electron chi connectivity index (χ2n) is 4.26. The van der Waals surface area contributed by atoms with Crippen LogP contribution in [-0.4, -0.2) is 11.9 Å². The zero-order valence-corrected chi connectivity index (χ0v) is 11.2. The van der Waals surface area contributed by atoms with Gasteiger partial charge in [0.1, 0.15) is 0 Å². The number of benzene rings is 1. The second-order valence-corrected chi connectivity index (χ2v) is 5.05. The third kappa shape index (κ3) is 1.80. The molecule has 3 nitrogen and oxygen atoms in total. The lowest BCUT2D eigenvalue weighted by atomic mass is 9.94. The Morgan fingerprint density at radius 3 is 2.56 bits per heavy atom. The minimum Gasteiger partial charge on any atom is -0.454 e. The maximum absolute atomic E-state index is 9.79. The Balaban J connectivity index is 2.65. The predicted octanol–water partition coefficient (Wildman–Crippen LogP) is 3.35. The van der Waals surface area contributed by atoms with Crippen LogP contribution in [0.4, 0.5) is 0 Å². The van der Waals surface area contributed by atoms with Crippen molar-refractivity contribution >= 4 is 15.9 Å². The first-order valence-electron chi connectivity index (χ1n) is 5.32. The molecule has 0 bridgehead atoms. The Morgan fingerprint density at radius 1 is 1.31 bits per heavy atom. The van der Waals surface area contributed by atoms with Gasteiger partial charge in [0.2, 0.25) is 6.79 Å². The van der Waals surface area contributed by atoms with E-state index in [0.29, 0.717) is 11.7 Å². The highest BCUT2D eigenvalue weighted by Gasteiger charge is 2.25. The third-order valence-electron chi connectivity index (χ3n) is 2.70. The van der Waals surface area contributed by atoms with Gasteiger partial charge in [-0.2, -0.15) is 0 Å². The summed E-state index contributed by atoms with van der Waals surface area (Å²) in [6.07, 6.45) is -0.511. The molecule has 1 atom stereocenters. The molecule has 16 heavy (non-hydrogen) atoms. The predicted molar refractivity (Wildman–Crippen MR) is 65.0 cm³/mol. The highest BCUT2D eigenvalue weighted by Crippen LogP contribution is 2.46. The van der Waals surface area contributed by atoms with Crippen LogP contribution < -0.4 is 9.47 Å². The Hall–Kier alpha value is -0.740. The molecule has 1 aliphatic rings. The average molecular weight is 287 g/mol. The molecule has 0 spiro atoms. The van der Waals surface area contributed by atoms with Gasteiger partial charge in [0.25, 0.3) is 0 Å². The molecule has 4 heteroatoms. The van der Waals surface area contributed by atoms with Crippen LogP contribution in [0.5, 0.6) is 11.5 Å². The number of halogens is 1. The number of hydrogen-bond donors (Lipinski definition) is 1. The first-order chi connectivity index (χ1) is 7.52. The summed E-state index contributed by atoms with van der Waals surface area (Å²) in [4.78, 5) is 0. The number of hydrogen-bond acceptors (Lipinski definition) is 3. The van der Waals surface area contributed by atoms with Crippen LogP contribution in [0.15, 0.2) is 10.5 Å². The Bertz CT molecular complexity index is 413. The van der Waals surface area contributed by atoms with E-state index in [4.69, 9.17) is 9.47 Å². The first-order valence-corrected chi connectivity index (χ1v) is 6.11. The van der Waals surface area contributed by atoms with Gasteiger partial charge >= 0.3 is 0 Å². The maximum atomic E-state index is 9.79. The van der Waals surface area contributed by atoms with Gasteiger partial charge in [0.05, 0.1) is 10.6 Å². The normalized spacial score (nSPS) is 15.6. The fourth-order valence-corrected chi connectivity index (χ4v) is 2.96. The molecule has 0 fully saturated rings. The minimum atomic E-state index is -0.511. The number of fused-ring (bicyclic) bond motifs is 1. The van der Waals surface area contributed by atoms with Crippen LogP contribution >= 0.6 is 15.9 Å². The highest BCUT2D eigenvalue weighted by molar-refractivity contribution is 9.10. The number of rotatable bonds is 2. The summed E-state index contributed by atoms with van der Waals surface area (Å²) in [5.41, 5.74) is 1.98. The summed E-state index contributed by atoms with van der Waals surface area (Å²) in [5, 5.41) is 9.79. The molecule has 1 aliphatic heterocycles. The lowest BCUT2D eigenvalue weighted by Crippen LogP contribution is -2.02. The van der Waals surface area contributed by atoms with Crippen molar-refractivity contribution in [2.45, 2.75) is 32.8 Å². The van der Waals surface area contributed by atoms with Crippen molar-refractivity contribution in [1.82, 2.24) is 0 Å². The van der Waals surface area contributed by atoms with E-state index in [2.05, 4.69) is 29.8 Å². The maximum Gasteiger partial charge on any atom is 0.231 e. The number of aliphatic hydroxyl groups excluding tert-OH is 1. The molecule has 1 aromatic rings. The van der Waals surface area contributed by atoms with Gasteiger partial charge in [-0.1, -0.05) is 13.8 Å². The molecular formula is C12H15BrO3. The van der Waals surface area contributed by atoms with Crippen LogP contribution in [0.2, 0.25) is 0 Å². The van der Waals surface area contributed by atoms with Gasteiger partial charge in [-0.05, 0) is 46.0 Å². The van der Waals surface area contributed by atoms with Crippen molar-refractivity contribution in [3.05, 3.63) is 21.7 Å². The summed E-state index contributed by atoms with van der Waals surface area (Å²) in [5.74, 6) is 1.76. The molecule has 1 unspecified atom stereocenters. The van der Waals surface area contributed by atoms with Crippen molar-refractivity contribution in [2.24, 2.45) is 0 Å². The zero-order chi connectivity index (χ0) is 11.9. The molecule has 88 valence electrons. The summed E-state index contributed by atoms with van der Waals surface area (Å²) in [7, 11) is 0. The fourth-order valence-electron chi connectivity index (χ4n) is 1.97. The molecule has 0 saturated carbocycles. The standard InChI is InChI=1S/C12H15BrO3/c1-6(2)10-8(7(3)14)4-9-12(11(10)13)16-5-15-9/h4,6-7,14H,5H2,1-3H3. The molecule has 1 heterocycles. The fraction of sp³-hybridized carbons (Fsp3) is 0.500. The largest absolute Gasteiger partial charge is 0.454 e. The summed E-state index contributed by atoms with van der Waals surface area (Å²) < 4.78 is 11.6. The van der Waals surface area contributed by atoms with E-state index in [9.17, 15) is 5.11 Å². The quantitative estimate of drug-likeness (QED) is 0.906. The van der Waals surface area contributed by atoms with Crippen molar-refractivity contribution in [3.8, 4) is 11.5 Å². The molecule has 0 saturated heterocycles. The van der Waals surface area contributed by atoms with Crippen LogP contribution in [0.3, 0.4) is 0 Å². The minimum absolute atomic E-state index is 0.245. The lowest BCUT2D eigenvalue weighted by Gasteiger charge is -2.18. The van der Waals surface area contributed by atoms with E-state index in [1.54, 1.807) is 6.92 Å².